The molecule has 0 saturated heterocycles. The van der Waals surface area contributed by atoms with Gasteiger partial charge in [-0.15, -0.1) is 0 Å². The molecule has 1 aliphatic carbocycles. The second-order valence-corrected chi connectivity index (χ2v) is 6.65. The number of hydrogen-bond donors (Lipinski definition) is 1. The summed E-state index contributed by atoms with van der Waals surface area (Å²) < 4.78 is 26.7. The lowest BCUT2D eigenvalue weighted by Crippen LogP contribution is -2.30. The summed E-state index contributed by atoms with van der Waals surface area (Å²) in [6.45, 7) is 2.73. The van der Waals surface area contributed by atoms with Gasteiger partial charge in [0.05, 0.1) is 4.90 Å². The smallest absolute Gasteiger partial charge is 0.211 e. The maximum atomic E-state index is 12.0. The van der Waals surface area contributed by atoms with Gasteiger partial charge in [-0.1, -0.05) is 31.5 Å². The molecule has 0 aromatic heterocycles. The van der Waals surface area contributed by atoms with Gasteiger partial charge in [0.15, 0.2) is 0 Å². The van der Waals surface area contributed by atoms with Crippen molar-refractivity contribution in [2.75, 3.05) is 6.54 Å². The van der Waals surface area contributed by atoms with Crippen LogP contribution in [0.5, 0.6) is 0 Å². The van der Waals surface area contributed by atoms with Crippen molar-refractivity contribution in [3.63, 3.8) is 0 Å². The van der Waals surface area contributed by atoms with E-state index in [1.807, 2.05) is 6.07 Å². The molecule has 1 N–H and O–H groups in total. The molecule has 0 bridgehead atoms. The van der Waals surface area contributed by atoms with Gasteiger partial charge in [0.1, 0.15) is 0 Å². The molecule has 17 heavy (non-hydrogen) atoms. The number of nitrogens with one attached hydrogen (secondary N) is 1. The lowest BCUT2D eigenvalue weighted by Gasteiger charge is -2.15. The molecule has 94 valence electrons. The molecule has 4 heteroatoms. The average Bonchev–Trinajstić information content (AvgIpc) is 3.09. The van der Waals surface area contributed by atoms with Crippen LogP contribution in [0.4, 0.5) is 0 Å². The van der Waals surface area contributed by atoms with Gasteiger partial charge in [-0.25, -0.2) is 13.1 Å². The molecule has 0 amide bonds. The van der Waals surface area contributed by atoms with Gasteiger partial charge in [-0.3, -0.25) is 0 Å². The molecule has 1 aliphatic rings. The first kappa shape index (κ1) is 12.6. The number of hydrogen-bond acceptors (Lipinski definition) is 2. The Balaban J connectivity index is 2.00. The van der Waals surface area contributed by atoms with Crippen molar-refractivity contribution >= 4 is 10.0 Å². The molecule has 0 aliphatic heterocycles. The third kappa shape index (κ3) is 3.07. The minimum atomic E-state index is -3.32. The van der Waals surface area contributed by atoms with Crippen LogP contribution in [0, 0.1) is 5.41 Å². The number of rotatable bonds is 6. The molecule has 1 saturated carbocycles. The summed E-state index contributed by atoms with van der Waals surface area (Å²) in [6, 6.07) is 8.56. The van der Waals surface area contributed by atoms with Crippen LogP contribution in [0.1, 0.15) is 32.6 Å². The molecule has 0 atom stereocenters. The van der Waals surface area contributed by atoms with Gasteiger partial charge in [0, 0.05) is 6.54 Å². The molecule has 3 nitrogen and oxygen atoms in total. The summed E-state index contributed by atoms with van der Waals surface area (Å²) in [5.74, 6) is 0. The largest absolute Gasteiger partial charge is 0.240 e. The Morgan fingerprint density at radius 3 is 2.41 bits per heavy atom. The van der Waals surface area contributed by atoms with Crippen LogP contribution in [-0.4, -0.2) is 15.0 Å². The van der Waals surface area contributed by atoms with E-state index in [0.29, 0.717) is 11.4 Å². The van der Waals surface area contributed by atoms with Crippen LogP contribution in [0.25, 0.3) is 0 Å². The fourth-order valence-electron chi connectivity index (χ4n) is 2.15. The summed E-state index contributed by atoms with van der Waals surface area (Å²) in [7, 11) is -3.32. The Bertz CT molecular complexity index is 463. The van der Waals surface area contributed by atoms with Crippen molar-refractivity contribution in [1.29, 1.82) is 0 Å². The quantitative estimate of drug-likeness (QED) is 0.847. The molecule has 2 rings (SSSR count). The fourth-order valence-corrected chi connectivity index (χ4v) is 3.33. The van der Waals surface area contributed by atoms with Crippen molar-refractivity contribution in [2.45, 2.75) is 37.5 Å². The summed E-state index contributed by atoms with van der Waals surface area (Å²) >= 11 is 0. The van der Waals surface area contributed by atoms with E-state index in [9.17, 15) is 8.42 Å². The second kappa shape index (κ2) is 4.78. The third-order valence-corrected chi connectivity index (χ3v) is 4.85. The van der Waals surface area contributed by atoms with Gasteiger partial charge in [0.25, 0.3) is 0 Å². The zero-order chi connectivity index (χ0) is 12.4. The number of sulfonamides is 1. The van der Waals surface area contributed by atoms with Crippen molar-refractivity contribution in [1.82, 2.24) is 4.72 Å². The van der Waals surface area contributed by atoms with Crippen LogP contribution >= 0.6 is 0 Å². The standard InChI is InChI=1S/C13H19NO2S/c1-2-8-13(9-10-13)11-14-17(15,16)12-6-4-3-5-7-12/h3-7,14H,2,8-11H2,1H3. The van der Waals surface area contributed by atoms with Crippen LogP contribution in [0.15, 0.2) is 35.2 Å². The normalized spacial score (nSPS) is 17.9. The molecule has 1 fully saturated rings. The SMILES string of the molecule is CCCC1(CNS(=O)(=O)c2ccccc2)CC1. The predicted molar refractivity (Wildman–Crippen MR) is 68.2 cm³/mol. The molecule has 0 heterocycles. The molecule has 0 unspecified atom stereocenters. The highest BCUT2D eigenvalue weighted by molar-refractivity contribution is 7.89. The lowest BCUT2D eigenvalue weighted by atomic mass is 10.0. The van der Waals surface area contributed by atoms with Crippen LogP contribution in [0.2, 0.25) is 0 Å². The van der Waals surface area contributed by atoms with Gasteiger partial charge in [-0.2, -0.15) is 0 Å². The zero-order valence-corrected chi connectivity index (χ0v) is 11.0. The van der Waals surface area contributed by atoms with E-state index in [2.05, 4.69) is 11.6 Å². The Kier molecular flexibility index (Phi) is 3.54. The highest BCUT2D eigenvalue weighted by atomic mass is 32.2. The molecule has 1 aromatic rings. The molecular weight excluding hydrogens is 234 g/mol. The first-order chi connectivity index (χ1) is 8.08. The average molecular weight is 253 g/mol. The maximum absolute atomic E-state index is 12.0. The summed E-state index contributed by atoms with van der Waals surface area (Å²) in [5.41, 5.74) is 0.247. The van der Waals surface area contributed by atoms with Gasteiger partial charge >= 0.3 is 0 Å². The topological polar surface area (TPSA) is 46.2 Å². The van der Waals surface area contributed by atoms with E-state index >= 15 is 0 Å². The summed E-state index contributed by atoms with van der Waals surface area (Å²) in [6.07, 6.45) is 4.54. The van der Waals surface area contributed by atoms with Crippen molar-refractivity contribution in [3.05, 3.63) is 30.3 Å². The van der Waals surface area contributed by atoms with Gasteiger partial charge in [0.2, 0.25) is 10.0 Å². The Hall–Kier alpha value is -0.870. The fraction of sp³-hybridized carbons (Fsp3) is 0.538. The Labute approximate surface area is 103 Å². The van der Waals surface area contributed by atoms with Gasteiger partial charge < -0.3 is 0 Å². The predicted octanol–water partition coefficient (Wildman–Crippen LogP) is 2.55. The summed E-state index contributed by atoms with van der Waals surface area (Å²) in [5, 5.41) is 0. The van der Waals surface area contributed by atoms with E-state index in [0.717, 1.165) is 25.7 Å². The van der Waals surface area contributed by atoms with E-state index in [1.54, 1.807) is 24.3 Å². The molecule has 0 spiro atoms. The zero-order valence-electron chi connectivity index (χ0n) is 10.1. The molecule has 1 aromatic carbocycles. The third-order valence-electron chi connectivity index (χ3n) is 3.43. The first-order valence-corrected chi connectivity index (χ1v) is 7.61. The van der Waals surface area contributed by atoms with Crippen molar-refractivity contribution < 1.29 is 8.42 Å². The second-order valence-electron chi connectivity index (χ2n) is 4.89. The Morgan fingerprint density at radius 2 is 1.88 bits per heavy atom. The van der Waals surface area contributed by atoms with E-state index < -0.39 is 10.0 Å². The molecular formula is C13H19NO2S. The minimum absolute atomic E-state index is 0.247. The minimum Gasteiger partial charge on any atom is -0.211 e. The van der Waals surface area contributed by atoms with E-state index in [-0.39, 0.29) is 5.41 Å². The highest BCUT2D eigenvalue weighted by Gasteiger charge is 2.42. The van der Waals surface area contributed by atoms with Gasteiger partial charge in [-0.05, 0) is 36.8 Å². The monoisotopic (exact) mass is 253 g/mol. The summed E-state index contributed by atoms with van der Waals surface area (Å²) in [4.78, 5) is 0.354. The number of benzene rings is 1. The maximum Gasteiger partial charge on any atom is 0.240 e. The first-order valence-electron chi connectivity index (χ1n) is 6.13. The van der Waals surface area contributed by atoms with E-state index in [1.165, 1.54) is 0 Å². The van der Waals surface area contributed by atoms with Crippen molar-refractivity contribution in [2.24, 2.45) is 5.41 Å². The lowest BCUT2D eigenvalue weighted by molar-refractivity contribution is 0.449. The highest BCUT2D eigenvalue weighted by Crippen LogP contribution is 2.49. The van der Waals surface area contributed by atoms with Crippen molar-refractivity contribution in [3.8, 4) is 0 Å². The van der Waals surface area contributed by atoms with Crippen LogP contribution < -0.4 is 4.72 Å². The van der Waals surface area contributed by atoms with Crippen LogP contribution in [0.3, 0.4) is 0 Å². The molecule has 0 radical (unpaired) electrons. The van der Waals surface area contributed by atoms with Crippen LogP contribution in [-0.2, 0) is 10.0 Å². The Morgan fingerprint density at radius 1 is 1.24 bits per heavy atom. The van der Waals surface area contributed by atoms with E-state index in [4.69, 9.17) is 0 Å².